The Kier molecular flexibility index (Phi) is 3.99. The molecule has 70 valence electrons. The van der Waals surface area contributed by atoms with Crippen LogP contribution in [0.5, 0.6) is 0 Å². The van der Waals surface area contributed by atoms with Crippen molar-refractivity contribution in [1.29, 1.82) is 0 Å². The fourth-order valence-electron chi connectivity index (χ4n) is 0.859. The van der Waals surface area contributed by atoms with Crippen LogP contribution in [0.15, 0.2) is 28.7 Å². The maximum atomic E-state index is 10.3. The highest BCUT2D eigenvalue weighted by atomic mass is 16.5. The van der Waals surface area contributed by atoms with Gasteiger partial charge in [0.1, 0.15) is 12.4 Å². The molecule has 0 aromatic carbocycles. The van der Waals surface area contributed by atoms with Crippen molar-refractivity contribution < 1.29 is 13.9 Å². The Hall–Kier alpha value is -1.35. The van der Waals surface area contributed by atoms with Crippen LogP contribution in [0.3, 0.4) is 0 Å². The van der Waals surface area contributed by atoms with Gasteiger partial charge in [-0.15, -0.1) is 0 Å². The van der Waals surface area contributed by atoms with E-state index < -0.39 is 0 Å². The smallest absolute Gasteiger partial charge is 0.185 e. The highest BCUT2D eigenvalue weighted by Crippen LogP contribution is 2.06. The van der Waals surface area contributed by atoms with Gasteiger partial charge >= 0.3 is 0 Å². The van der Waals surface area contributed by atoms with Gasteiger partial charge in [0.15, 0.2) is 12.0 Å². The lowest BCUT2D eigenvalue weighted by Crippen LogP contribution is -1.90. The van der Waals surface area contributed by atoms with E-state index in [-0.39, 0.29) is 0 Å². The number of furan rings is 1. The summed E-state index contributed by atoms with van der Waals surface area (Å²) in [5, 5.41) is 0. The first-order valence-corrected chi connectivity index (χ1v) is 4.09. The molecule has 1 rings (SSSR count). The Morgan fingerprint density at radius 3 is 3.00 bits per heavy atom. The maximum Gasteiger partial charge on any atom is 0.185 e. The van der Waals surface area contributed by atoms with Crippen molar-refractivity contribution in [2.75, 3.05) is 6.61 Å². The number of allylic oxidation sites excluding steroid dienone is 1. The van der Waals surface area contributed by atoms with Crippen molar-refractivity contribution in [2.45, 2.75) is 13.5 Å². The summed E-state index contributed by atoms with van der Waals surface area (Å²) in [7, 11) is 0. The Labute approximate surface area is 77.0 Å². The molecule has 0 bridgehead atoms. The van der Waals surface area contributed by atoms with Crippen molar-refractivity contribution >= 4 is 6.29 Å². The molecule has 0 aliphatic heterocycles. The third-order valence-corrected chi connectivity index (χ3v) is 1.49. The quantitative estimate of drug-likeness (QED) is 0.396. The minimum Gasteiger partial charge on any atom is -0.456 e. The number of aldehydes is 1. The summed E-state index contributed by atoms with van der Waals surface area (Å²) in [5.41, 5.74) is 0. The molecule has 0 aliphatic rings. The largest absolute Gasteiger partial charge is 0.456 e. The molecule has 0 aliphatic carbocycles. The van der Waals surface area contributed by atoms with E-state index in [1.165, 1.54) is 0 Å². The molecule has 0 spiro atoms. The molecule has 0 atom stereocenters. The zero-order valence-corrected chi connectivity index (χ0v) is 7.53. The van der Waals surface area contributed by atoms with E-state index in [4.69, 9.17) is 9.15 Å². The van der Waals surface area contributed by atoms with E-state index in [1.807, 2.05) is 19.1 Å². The van der Waals surface area contributed by atoms with Gasteiger partial charge in [0.05, 0.1) is 6.61 Å². The zero-order valence-electron chi connectivity index (χ0n) is 7.53. The average molecular weight is 180 g/mol. The maximum absolute atomic E-state index is 10.3. The number of carbonyl (C=O) groups is 1. The molecule has 0 radical (unpaired) electrons. The van der Waals surface area contributed by atoms with E-state index in [0.29, 0.717) is 31.0 Å². The van der Waals surface area contributed by atoms with E-state index in [2.05, 4.69) is 0 Å². The van der Waals surface area contributed by atoms with Crippen LogP contribution in [0.2, 0.25) is 0 Å². The van der Waals surface area contributed by atoms with Gasteiger partial charge in [0.25, 0.3) is 0 Å². The van der Waals surface area contributed by atoms with Gasteiger partial charge in [-0.1, -0.05) is 12.2 Å². The molecule has 0 saturated heterocycles. The highest BCUT2D eigenvalue weighted by Gasteiger charge is 1.99. The average Bonchev–Trinajstić information content (AvgIpc) is 2.60. The molecule has 0 N–H and O–H groups in total. The number of hydrogen-bond donors (Lipinski definition) is 0. The molecule has 3 nitrogen and oxygen atoms in total. The van der Waals surface area contributed by atoms with Gasteiger partial charge < -0.3 is 9.15 Å². The van der Waals surface area contributed by atoms with Gasteiger partial charge in [0, 0.05) is 0 Å². The van der Waals surface area contributed by atoms with Gasteiger partial charge in [0.2, 0.25) is 0 Å². The second-order valence-corrected chi connectivity index (χ2v) is 2.51. The minimum absolute atomic E-state index is 0.338. The van der Waals surface area contributed by atoms with E-state index >= 15 is 0 Å². The lowest BCUT2D eigenvalue weighted by molar-refractivity contribution is 0.108. The fourth-order valence-corrected chi connectivity index (χ4v) is 0.859. The first-order valence-electron chi connectivity index (χ1n) is 4.09. The van der Waals surface area contributed by atoms with Crippen LogP contribution in [0, 0.1) is 0 Å². The molecular weight excluding hydrogens is 168 g/mol. The lowest BCUT2D eigenvalue weighted by Gasteiger charge is -1.96. The van der Waals surface area contributed by atoms with Gasteiger partial charge in [-0.25, -0.2) is 0 Å². The Morgan fingerprint density at radius 2 is 2.38 bits per heavy atom. The third-order valence-electron chi connectivity index (χ3n) is 1.49. The van der Waals surface area contributed by atoms with Crippen LogP contribution in [0.25, 0.3) is 0 Å². The molecule has 13 heavy (non-hydrogen) atoms. The van der Waals surface area contributed by atoms with Crippen molar-refractivity contribution in [3.63, 3.8) is 0 Å². The topological polar surface area (TPSA) is 39.4 Å². The van der Waals surface area contributed by atoms with Crippen LogP contribution in [-0.2, 0) is 11.3 Å². The SMILES string of the molecule is C/C=C/COCc1ccc(C=O)o1. The van der Waals surface area contributed by atoms with Crippen LogP contribution >= 0.6 is 0 Å². The van der Waals surface area contributed by atoms with Crippen molar-refractivity contribution in [3.8, 4) is 0 Å². The van der Waals surface area contributed by atoms with Crippen molar-refractivity contribution in [3.05, 3.63) is 35.8 Å². The lowest BCUT2D eigenvalue weighted by atomic mass is 10.4. The molecule has 0 amide bonds. The molecule has 1 aromatic rings. The third kappa shape index (κ3) is 3.25. The second kappa shape index (κ2) is 5.32. The van der Waals surface area contributed by atoms with Crippen LogP contribution in [0.1, 0.15) is 23.2 Å². The Morgan fingerprint density at radius 1 is 1.54 bits per heavy atom. The summed E-state index contributed by atoms with van der Waals surface area (Å²) in [5.74, 6) is 1.01. The molecule has 0 fully saturated rings. The molecular formula is C10H12O3. The molecule has 1 aromatic heterocycles. The minimum atomic E-state index is 0.338. The predicted molar refractivity (Wildman–Crippen MR) is 48.6 cm³/mol. The van der Waals surface area contributed by atoms with E-state index in [0.717, 1.165) is 0 Å². The molecule has 0 unspecified atom stereocenters. The number of rotatable bonds is 5. The Bertz CT molecular complexity index is 286. The summed E-state index contributed by atoms with van der Waals surface area (Å²) >= 11 is 0. The predicted octanol–water partition coefficient (Wildman–Crippen LogP) is 2.18. The standard InChI is InChI=1S/C10H12O3/c1-2-3-6-12-8-10-5-4-9(7-11)13-10/h2-5,7H,6,8H2,1H3/b3-2+. The summed E-state index contributed by atoms with van der Waals surface area (Å²) in [6.45, 7) is 2.90. The fraction of sp³-hybridized carbons (Fsp3) is 0.300. The van der Waals surface area contributed by atoms with Crippen molar-refractivity contribution in [2.24, 2.45) is 0 Å². The van der Waals surface area contributed by atoms with Crippen LogP contribution in [0.4, 0.5) is 0 Å². The van der Waals surface area contributed by atoms with E-state index in [9.17, 15) is 4.79 Å². The van der Waals surface area contributed by atoms with Crippen LogP contribution in [-0.4, -0.2) is 12.9 Å². The summed E-state index contributed by atoms with van der Waals surface area (Å²) < 4.78 is 10.3. The highest BCUT2D eigenvalue weighted by molar-refractivity contribution is 5.70. The van der Waals surface area contributed by atoms with E-state index in [1.54, 1.807) is 12.1 Å². The molecule has 3 heteroatoms. The summed E-state index contributed by atoms with van der Waals surface area (Å²) in [6.07, 6.45) is 4.50. The van der Waals surface area contributed by atoms with Crippen LogP contribution < -0.4 is 0 Å². The normalized spacial score (nSPS) is 10.8. The number of hydrogen-bond acceptors (Lipinski definition) is 3. The molecule has 1 heterocycles. The summed E-state index contributed by atoms with van der Waals surface area (Å²) in [6, 6.07) is 3.36. The van der Waals surface area contributed by atoms with Crippen molar-refractivity contribution in [1.82, 2.24) is 0 Å². The van der Waals surface area contributed by atoms with Gasteiger partial charge in [-0.05, 0) is 19.1 Å². The number of ether oxygens (including phenoxy) is 1. The van der Waals surface area contributed by atoms with Gasteiger partial charge in [-0.3, -0.25) is 4.79 Å². The first kappa shape index (κ1) is 9.74. The zero-order chi connectivity index (χ0) is 9.52. The Balaban J connectivity index is 2.32. The monoisotopic (exact) mass is 180 g/mol. The number of carbonyl (C=O) groups excluding carboxylic acids is 1. The summed E-state index contributed by atoms with van der Waals surface area (Å²) in [4.78, 5) is 10.3. The molecule has 0 saturated carbocycles. The second-order valence-electron chi connectivity index (χ2n) is 2.51. The first-order chi connectivity index (χ1) is 6.36. The van der Waals surface area contributed by atoms with Gasteiger partial charge in [-0.2, -0.15) is 0 Å².